The van der Waals surface area contributed by atoms with Crippen molar-refractivity contribution in [3.63, 3.8) is 0 Å². The summed E-state index contributed by atoms with van der Waals surface area (Å²) in [4.78, 5) is 23.1. The fourth-order valence-electron chi connectivity index (χ4n) is 3.93. The highest BCUT2D eigenvalue weighted by molar-refractivity contribution is 6.30. The summed E-state index contributed by atoms with van der Waals surface area (Å²) in [6, 6.07) is 15.8. The van der Waals surface area contributed by atoms with E-state index < -0.39 is 0 Å². The summed E-state index contributed by atoms with van der Waals surface area (Å²) in [5, 5.41) is 1.44. The van der Waals surface area contributed by atoms with Crippen LogP contribution in [0.5, 0.6) is 0 Å². The maximum Gasteiger partial charge on any atom is 0.258 e. The number of nitrogens with one attached hydrogen (secondary N) is 3. The SMILES string of the molecule is C[C@@H](c1nc2ccccc2c(=O)[nH]1)[NH+]1CC[NH+](Cc2ccc(Cl)cc2)CC1. The summed E-state index contributed by atoms with van der Waals surface area (Å²) in [5.41, 5.74) is 2.05. The largest absolute Gasteiger partial charge is 0.322 e. The monoisotopic (exact) mass is 384 g/mol. The van der Waals surface area contributed by atoms with Crippen LogP contribution in [0.4, 0.5) is 0 Å². The first-order valence-electron chi connectivity index (χ1n) is 9.52. The molecule has 1 saturated heterocycles. The maximum atomic E-state index is 12.3. The fourth-order valence-corrected chi connectivity index (χ4v) is 4.05. The molecule has 1 aromatic heterocycles. The van der Waals surface area contributed by atoms with Crippen LogP contribution in [0.15, 0.2) is 53.3 Å². The van der Waals surface area contributed by atoms with Gasteiger partial charge in [-0.2, -0.15) is 0 Å². The number of aromatic nitrogens is 2. The number of nitrogens with zero attached hydrogens (tertiary/aromatic N) is 1. The van der Waals surface area contributed by atoms with E-state index in [1.54, 1.807) is 4.90 Å². The van der Waals surface area contributed by atoms with Gasteiger partial charge in [0.1, 0.15) is 38.8 Å². The summed E-state index contributed by atoms with van der Waals surface area (Å²) < 4.78 is 0. The Labute approximate surface area is 163 Å². The lowest BCUT2D eigenvalue weighted by Gasteiger charge is -2.32. The molecule has 0 bridgehead atoms. The van der Waals surface area contributed by atoms with Crippen molar-refractivity contribution >= 4 is 22.5 Å². The number of hydrogen-bond donors (Lipinski definition) is 3. The Kier molecular flexibility index (Phi) is 5.25. The van der Waals surface area contributed by atoms with Crippen LogP contribution in [-0.4, -0.2) is 36.1 Å². The number of H-pyrrole nitrogens is 1. The number of piperazine rings is 1. The van der Waals surface area contributed by atoms with E-state index in [1.807, 2.05) is 36.4 Å². The second kappa shape index (κ2) is 7.80. The molecule has 1 aliphatic rings. The molecule has 3 N–H and O–H groups in total. The number of rotatable bonds is 4. The molecule has 2 aromatic carbocycles. The molecule has 0 unspecified atom stereocenters. The van der Waals surface area contributed by atoms with E-state index in [-0.39, 0.29) is 11.6 Å². The standard InChI is InChI=1S/C21H23ClN4O/c1-15(20-23-19-5-3-2-4-18(19)21(27)24-20)26-12-10-25(11-13-26)14-16-6-8-17(22)9-7-16/h2-9,15H,10-14H2,1H3,(H,23,24,27)/p+2/t15-/m0/s1. The van der Waals surface area contributed by atoms with Crippen LogP contribution in [-0.2, 0) is 6.54 Å². The fraction of sp³-hybridized carbons (Fsp3) is 0.333. The van der Waals surface area contributed by atoms with Crippen molar-refractivity contribution in [3.8, 4) is 0 Å². The molecular weight excluding hydrogens is 360 g/mol. The average molecular weight is 385 g/mol. The van der Waals surface area contributed by atoms with Crippen LogP contribution in [0.2, 0.25) is 5.02 Å². The Morgan fingerprint density at radius 2 is 1.78 bits per heavy atom. The number of benzene rings is 2. The van der Waals surface area contributed by atoms with E-state index >= 15 is 0 Å². The Bertz CT molecular complexity index is 977. The summed E-state index contributed by atoms with van der Waals surface area (Å²) in [6.45, 7) is 7.55. The topological polar surface area (TPSA) is 54.6 Å². The molecule has 0 saturated carbocycles. The minimum atomic E-state index is -0.0474. The van der Waals surface area contributed by atoms with Crippen molar-refractivity contribution in [2.75, 3.05) is 26.2 Å². The third-order valence-electron chi connectivity index (χ3n) is 5.62. The van der Waals surface area contributed by atoms with Crippen molar-refractivity contribution in [1.82, 2.24) is 9.97 Å². The summed E-state index contributed by atoms with van der Waals surface area (Å²) in [5.74, 6) is 0.787. The number of quaternary nitrogens is 2. The quantitative estimate of drug-likeness (QED) is 0.617. The van der Waals surface area contributed by atoms with E-state index in [1.165, 1.54) is 10.5 Å². The zero-order chi connectivity index (χ0) is 18.8. The Morgan fingerprint density at radius 1 is 1.07 bits per heavy atom. The van der Waals surface area contributed by atoms with E-state index in [9.17, 15) is 4.79 Å². The first kappa shape index (κ1) is 18.2. The molecule has 1 atom stereocenters. The summed E-state index contributed by atoms with van der Waals surface area (Å²) >= 11 is 5.97. The van der Waals surface area contributed by atoms with Gasteiger partial charge in [-0.15, -0.1) is 0 Å². The minimum Gasteiger partial charge on any atom is -0.322 e. The van der Waals surface area contributed by atoms with Gasteiger partial charge in [0.05, 0.1) is 10.9 Å². The number of aromatic amines is 1. The van der Waals surface area contributed by atoms with E-state index in [2.05, 4.69) is 24.0 Å². The van der Waals surface area contributed by atoms with Crippen molar-refractivity contribution in [1.29, 1.82) is 0 Å². The predicted octanol–water partition coefficient (Wildman–Crippen LogP) is 0.621. The van der Waals surface area contributed by atoms with Crippen molar-refractivity contribution < 1.29 is 9.80 Å². The number of para-hydroxylation sites is 1. The molecule has 27 heavy (non-hydrogen) atoms. The van der Waals surface area contributed by atoms with Crippen LogP contribution >= 0.6 is 11.6 Å². The molecule has 0 aliphatic carbocycles. The average Bonchev–Trinajstić information content (AvgIpc) is 2.70. The van der Waals surface area contributed by atoms with Gasteiger partial charge >= 0.3 is 0 Å². The second-order valence-electron chi connectivity index (χ2n) is 7.40. The van der Waals surface area contributed by atoms with Gasteiger partial charge in [-0.25, -0.2) is 4.98 Å². The Hall–Kier alpha value is -2.21. The normalized spacial score (nSPS) is 21.3. The lowest BCUT2D eigenvalue weighted by Crippen LogP contribution is -3.27. The Morgan fingerprint density at radius 3 is 2.52 bits per heavy atom. The highest BCUT2D eigenvalue weighted by Crippen LogP contribution is 2.10. The van der Waals surface area contributed by atoms with Gasteiger partial charge in [0.15, 0.2) is 5.82 Å². The molecule has 3 aromatic rings. The first-order chi connectivity index (χ1) is 13.1. The van der Waals surface area contributed by atoms with Gasteiger partial charge in [0.2, 0.25) is 0 Å². The molecule has 0 radical (unpaired) electrons. The number of fused-ring (bicyclic) bond motifs is 1. The lowest BCUT2D eigenvalue weighted by molar-refractivity contribution is -1.03. The maximum absolute atomic E-state index is 12.3. The second-order valence-corrected chi connectivity index (χ2v) is 7.84. The first-order valence-corrected chi connectivity index (χ1v) is 9.89. The predicted molar refractivity (Wildman–Crippen MR) is 107 cm³/mol. The smallest absolute Gasteiger partial charge is 0.258 e. The molecule has 140 valence electrons. The lowest BCUT2D eigenvalue weighted by atomic mass is 10.1. The number of halogens is 1. The molecule has 1 fully saturated rings. The van der Waals surface area contributed by atoms with Crippen LogP contribution in [0.3, 0.4) is 0 Å². The summed E-state index contributed by atoms with van der Waals surface area (Å²) in [7, 11) is 0. The highest BCUT2D eigenvalue weighted by atomic mass is 35.5. The summed E-state index contributed by atoms with van der Waals surface area (Å²) in [6.07, 6.45) is 0. The van der Waals surface area contributed by atoms with E-state index in [4.69, 9.17) is 16.6 Å². The molecule has 5 nitrogen and oxygen atoms in total. The zero-order valence-electron chi connectivity index (χ0n) is 15.5. The van der Waals surface area contributed by atoms with Gasteiger partial charge in [-0.1, -0.05) is 35.9 Å². The van der Waals surface area contributed by atoms with Crippen LogP contribution < -0.4 is 15.4 Å². The van der Waals surface area contributed by atoms with Gasteiger partial charge < -0.3 is 14.8 Å². The minimum absolute atomic E-state index is 0.0474. The van der Waals surface area contributed by atoms with Gasteiger partial charge in [-0.05, 0) is 31.2 Å². The molecule has 0 spiro atoms. The molecule has 4 rings (SSSR count). The van der Waals surface area contributed by atoms with Crippen molar-refractivity contribution in [2.24, 2.45) is 0 Å². The zero-order valence-corrected chi connectivity index (χ0v) is 16.2. The molecule has 0 amide bonds. The molecule has 1 aliphatic heterocycles. The highest BCUT2D eigenvalue weighted by Gasteiger charge is 2.29. The Balaban J connectivity index is 1.42. The van der Waals surface area contributed by atoms with Gasteiger partial charge in [0.25, 0.3) is 5.56 Å². The third kappa shape index (κ3) is 4.05. The van der Waals surface area contributed by atoms with Gasteiger partial charge in [-0.3, -0.25) is 4.79 Å². The third-order valence-corrected chi connectivity index (χ3v) is 5.87. The molecular formula is C21H25ClN4O+2. The van der Waals surface area contributed by atoms with Crippen molar-refractivity contribution in [3.05, 3.63) is 75.3 Å². The van der Waals surface area contributed by atoms with E-state index in [0.29, 0.717) is 5.39 Å². The van der Waals surface area contributed by atoms with Gasteiger partial charge in [0, 0.05) is 10.6 Å². The van der Waals surface area contributed by atoms with E-state index in [0.717, 1.165) is 49.1 Å². The van der Waals surface area contributed by atoms with Crippen molar-refractivity contribution in [2.45, 2.75) is 19.5 Å². The van der Waals surface area contributed by atoms with Crippen LogP contribution in [0.25, 0.3) is 10.9 Å². The molecule has 2 heterocycles. The number of hydrogen-bond acceptors (Lipinski definition) is 2. The molecule has 6 heteroatoms. The van der Waals surface area contributed by atoms with Crippen LogP contribution in [0.1, 0.15) is 24.4 Å². The van der Waals surface area contributed by atoms with Crippen LogP contribution in [0, 0.1) is 0 Å².